The molecule has 7 nitrogen and oxygen atoms in total. The van der Waals surface area contributed by atoms with Crippen LogP contribution < -0.4 is 10.6 Å². The Morgan fingerprint density at radius 2 is 2.00 bits per heavy atom. The van der Waals surface area contributed by atoms with Gasteiger partial charge in [0.1, 0.15) is 12.1 Å². The molecule has 136 valence electrons. The van der Waals surface area contributed by atoms with Crippen LogP contribution in [0, 0.1) is 0 Å². The maximum absolute atomic E-state index is 11.5. The number of nitrogens with zero attached hydrogens (tertiary/aromatic N) is 4. The van der Waals surface area contributed by atoms with E-state index in [0.717, 1.165) is 29.8 Å². The van der Waals surface area contributed by atoms with Crippen molar-refractivity contribution in [3.8, 4) is 0 Å². The normalized spacial score (nSPS) is 10.8. The Morgan fingerprint density at radius 3 is 2.81 bits per heavy atom. The van der Waals surface area contributed by atoms with Gasteiger partial charge in [0, 0.05) is 25.4 Å². The van der Waals surface area contributed by atoms with E-state index in [9.17, 15) is 4.79 Å². The zero-order valence-corrected chi connectivity index (χ0v) is 15.1. The Kier molecular flexibility index (Phi) is 6.38. The Hall–Kier alpha value is -2.67. The number of carbonyl (C=O) groups excluding carboxylic acids is 1. The summed E-state index contributed by atoms with van der Waals surface area (Å²) in [5, 5.41) is 11.4. The first-order chi connectivity index (χ1) is 12.8. The predicted molar refractivity (Wildman–Crippen MR) is 102 cm³/mol. The molecule has 3 aromatic rings. The maximum atomic E-state index is 11.5. The van der Waals surface area contributed by atoms with Crippen molar-refractivity contribution in [1.29, 1.82) is 0 Å². The third kappa shape index (κ3) is 4.70. The summed E-state index contributed by atoms with van der Waals surface area (Å²) < 4.78 is 1.76. The van der Waals surface area contributed by atoms with E-state index in [-0.39, 0.29) is 5.91 Å². The van der Waals surface area contributed by atoms with Crippen molar-refractivity contribution in [2.75, 3.05) is 24.3 Å². The Bertz CT molecular complexity index is 851. The van der Waals surface area contributed by atoms with Crippen molar-refractivity contribution >= 4 is 34.4 Å². The summed E-state index contributed by atoms with van der Waals surface area (Å²) in [6.45, 7) is 1.79. The Balaban J connectivity index is 1.60. The number of anilines is 1. The second-order valence-corrected chi connectivity index (χ2v) is 6.16. The molecule has 2 N–H and O–H groups in total. The summed E-state index contributed by atoms with van der Waals surface area (Å²) in [7, 11) is 0. The number of halogens is 1. The van der Waals surface area contributed by atoms with Crippen LogP contribution in [-0.4, -0.2) is 44.6 Å². The molecule has 3 rings (SSSR count). The second-order valence-electron chi connectivity index (χ2n) is 5.78. The van der Waals surface area contributed by atoms with Gasteiger partial charge in [-0.3, -0.25) is 4.79 Å². The van der Waals surface area contributed by atoms with E-state index in [1.54, 1.807) is 10.9 Å². The molecule has 2 aromatic heterocycles. The van der Waals surface area contributed by atoms with Crippen LogP contribution in [0.25, 0.3) is 11.0 Å². The Morgan fingerprint density at radius 1 is 1.15 bits per heavy atom. The third-order valence-corrected chi connectivity index (χ3v) is 4.14. The lowest BCUT2D eigenvalue weighted by Crippen LogP contribution is -2.27. The first-order valence-electron chi connectivity index (χ1n) is 8.55. The summed E-state index contributed by atoms with van der Waals surface area (Å²) in [4.78, 5) is 20.1. The zero-order chi connectivity index (χ0) is 18.2. The highest BCUT2D eigenvalue weighted by Crippen LogP contribution is 2.18. The minimum absolute atomic E-state index is 0.0608. The van der Waals surface area contributed by atoms with E-state index in [2.05, 4.69) is 37.8 Å². The average molecular weight is 373 g/mol. The Labute approximate surface area is 156 Å². The molecule has 0 saturated carbocycles. The fraction of sp³-hybridized carbons (Fsp3) is 0.333. The van der Waals surface area contributed by atoms with Gasteiger partial charge in [-0.25, -0.2) is 14.6 Å². The zero-order valence-electron chi connectivity index (χ0n) is 14.4. The molecule has 0 bridgehead atoms. The lowest BCUT2D eigenvalue weighted by atomic mass is 10.1. The molecule has 0 aliphatic rings. The van der Waals surface area contributed by atoms with Crippen LogP contribution in [0.3, 0.4) is 0 Å². The number of hydrogen-bond acceptors (Lipinski definition) is 5. The number of amides is 1. The summed E-state index contributed by atoms with van der Waals surface area (Å²) in [5.41, 5.74) is 2.02. The lowest BCUT2D eigenvalue weighted by Gasteiger charge is -2.07. The number of aromatic nitrogens is 4. The van der Waals surface area contributed by atoms with E-state index in [1.165, 1.54) is 11.9 Å². The second kappa shape index (κ2) is 9.15. The lowest BCUT2D eigenvalue weighted by molar-refractivity contribution is -0.120. The van der Waals surface area contributed by atoms with Gasteiger partial charge in [0.05, 0.1) is 18.1 Å². The van der Waals surface area contributed by atoms with Gasteiger partial charge < -0.3 is 10.6 Å². The number of rotatable bonds is 9. The van der Waals surface area contributed by atoms with Gasteiger partial charge in [0.25, 0.3) is 0 Å². The molecular weight excluding hydrogens is 352 g/mol. The number of alkyl halides is 1. The van der Waals surface area contributed by atoms with Crippen LogP contribution >= 0.6 is 11.6 Å². The smallest absolute Gasteiger partial charge is 0.221 e. The van der Waals surface area contributed by atoms with Crippen molar-refractivity contribution in [2.45, 2.75) is 19.4 Å². The summed E-state index contributed by atoms with van der Waals surface area (Å²) in [5.74, 6) is 1.03. The molecule has 0 atom stereocenters. The topological polar surface area (TPSA) is 84.7 Å². The molecule has 2 heterocycles. The molecule has 0 spiro atoms. The first-order valence-corrected chi connectivity index (χ1v) is 9.08. The van der Waals surface area contributed by atoms with Crippen molar-refractivity contribution in [3.63, 3.8) is 0 Å². The van der Waals surface area contributed by atoms with E-state index >= 15 is 0 Å². The minimum Gasteiger partial charge on any atom is -0.369 e. The fourth-order valence-corrected chi connectivity index (χ4v) is 2.81. The molecule has 0 unspecified atom stereocenters. The van der Waals surface area contributed by atoms with Crippen LogP contribution in [0.15, 0.2) is 42.9 Å². The molecule has 8 heteroatoms. The van der Waals surface area contributed by atoms with Crippen molar-refractivity contribution in [3.05, 3.63) is 48.4 Å². The number of nitrogens with one attached hydrogen (secondary N) is 2. The molecular formula is C18H21ClN6O. The molecule has 0 fully saturated rings. The van der Waals surface area contributed by atoms with Gasteiger partial charge in [0.15, 0.2) is 5.65 Å². The van der Waals surface area contributed by atoms with Crippen LogP contribution in [0.2, 0.25) is 0 Å². The summed E-state index contributed by atoms with van der Waals surface area (Å²) >= 11 is 5.55. The SMILES string of the molecule is O=C(CCCl)NCCn1ncc2c(NCCc3ccccc3)ncnc21. The average Bonchev–Trinajstić information content (AvgIpc) is 3.07. The van der Waals surface area contributed by atoms with Crippen LogP contribution in [0.5, 0.6) is 0 Å². The monoisotopic (exact) mass is 372 g/mol. The molecule has 0 aliphatic carbocycles. The highest BCUT2D eigenvalue weighted by Gasteiger charge is 2.09. The standard InChI is InChI=1S/C18H21ClN6O/c19-8-6-16(26)20-10-11-25-18-15(12-24-25)17(22-13-23-18)21-9-7-14-4-2-1-3-5-14/h1-5,12-13H,6-11H2,(H,20,26)(H,21,22,23). The van der Waals surface area contributed by atoms with E-state index in [4.69, 9.17) is 11.6 Å². The highest BCUT2D eigenvalue weighted by molar-refractivity contribution is 6.18. The maximum Gasteiger partial charge on any atom is 0.221 e. The predicted octanol–water partition coefficient (Wildman–Crippen LogP) is 2.23. The van der Waals surface area contributed by atoms with Crippen LogP contribution in [0.1, 0.15) is 12.0 Å². The highest BCUT2D eigenvalue weighted by atomic mass is 35.5. The fourth-order valence-electron chi connectivity index (χ4n) is 2.64. The number of hydrogen-bond donors (Lipinski definition) is 2. The van der Waals surface area contributed by atoms with Gasteiger partial charge in [0.2, 0.25) is 5.91 Å². The van der Waals surface area contributed by atoms with Crippen molar-refractivity contribution in [1.82, 2.24) is 25.1 Å². The minimum atomic E-state index is -0.0608. The summed E-state index contributed by atoms with van der Waals surface area (Å²) in [6.07, 6.45) is 4.50. The van der Waals surface area contributed by atoms with Crippen LogP contribution in [-0.2, 0) is 17.8 Å². The third-order valence-electron chi connectivity index (χ3n) is 3.95. The van der Waals surface area contributed by atoms with Crippen molar-refractivity contribution in [2.24, 2.45) is 0 Å². The van der Waals surface area contributed by atoms with Crippen LogP contribution in [0.4, 0.5) is 5.82 Å². The van der Waals surface area contributed by atoms with Gasteiger partial charge in [-0.05, 0) is 12.0 Å². The molecule has 1 amide bonds. The van der Waals surface area contributed by atoms with E-state index < -0.39 is 0 Å². The van der Waals surface area contributed by atoms with Gasteiger partial charge in [-0.2, -0.15) is 5.10 Å². The van der Waals surface area contributed by atoms with E-state index in [0.29, 0.717) is 25.4 Å². The molecule has 0 saturated heterocycles. The first kappa shape index (κ1) is 18.1. The van der Waals surface area contributed by atoms with E-state index in [1.807, 2.05) is 18.2 Å². The molecule has 0 radical (unpaired) electrons. The number of fused-ring (bicyclic) bond motifs is 1. The molecule has 1 aromatic carbocycles. The molecule has 0 aliphatic heterocycles. The summed E-state index contributed by atoms with van der Waals surface area (Å²) in [6, 6.07) is 10.3. The number of benzene rings is 1. The largest absolute Gasteiger partial charge is 0.369 e. The molecule has 26 heavy (non-hydrogen) atoms. The van der Waals surface area contributed by atoms with Crippen molar-refractivity contribution < 1.29 is 4.79 Å². The van der Waals surface area contributed by atoms with Gasteiger partial charge >= 0.3 is 0 Å². The van der Waals surface area contributed by atoms with Gasteiger partial charge in [-0.1, -0.05) is 30.3 Å². The quantitative estimate of drug-likeness (QED) is 0.562. The number of carbonyl (C=O) groups is 1. The van der Waals surface area contributed by atoms with Gasteiger partial charge in [-0.15, -0.1) is 11.6 Å².